The number of pyridine rings is 1. The molecule has 13 heteroatoms. The van der Waals surface area contributed by atoms with Gasteiger partial charge < -0.3 is 29.0 Å². The van der Waals surface area contributed by atoms with Gasteiger partial charge in [-0.1, -0.05) is 49.2 Å². The van der Waals surface area contributed by atoms with Crippen molar-refractivity contribution in [1.29, 1.82) is 0 Å². The predicted molar refractivity (Wildman–Crippen MR) is 241 cm³/mol. The van der Waals surface area contributed by atoms with Crippen LogP contribution in [0.2, 0.25) is 10.0 Å². The summed E-state index contributed by atoms with van der Waals surface area (Å²) in [5.41, 5.74) is 6.28. The second-order valence-corrected chi connectivity index (χ2v) is 18.4. The first-order valence-corrected chi connectivity index (χ1v) is 22.1. The van der Waals surface area contributed by atoms with Crippen LogP contribution in [0.1, 0.15) is 61.9 Å². The van der Waals surface area contributed by atoms with E-state index in [9.17, 15) is 4.79 Å². The van der Waals surface area contributed by atoms with Crippen molar-refractivity contribution in [3.05, 3.63) is 137 Å². The number of anilines is 1. The second kappa shape index (κ2) is 17.6. The van der Waals surface area contributed by atoms with Crippen molar-refractivity contribution < 1.29 is 19.0 Å². The average molecular weight is 864 g/mol. The first-order chi connectivity index (χ1) is 29.1. The molecule has 2 N–H and O–H groups in total. The number of hydrogen-bond donors (Lipinski definition) is 2. The van der Waals surface area contributed by atoms with Crippen LogP contribution >= 0.6 is 35.1 Å². The fourth-order valence-corrected chi connectivity index (χ4v) is 9.10. The van der Waals surface area contributed by atoms with Crippen molar-refractivity contribution in [3.8, 4) is 17.2 Å². The molecule has 0 spiro atoms. The van der Waals surface area contributed by atoms with Crippen molar-refractivity contribution in [2.75, 3.05) is 37.7 Å². The van der Waals surface area contributed by atoms with E-state index in [4.69, 9.17) is 37.4 Å². The molecular formula is C47H48Cl2N6O4S. The molecular weight excluding hydrogens is 816 g/mol. The minimum atomic E-state index is -0.320. The number of nitrogens with zero attached hydrogens (tertiary/aromatic N) is 4. The second-order valence-electron chi connectivity index (χ2n) is 16.6. The van der Waals surface area contributed by atoms with Gasteiger partial charge in [-0.3, -0.25) is 14.4 Å². The van der Waals surface area contributed by atoms with Gasteiger partial charge in [0.15, 0.2) is 0 Å². The molecule has 60 heavy (non-hydrogen) atoms. The first kappa shape index (κ1) is 40.5. The summed E-state index contributed by atoms with van der Waals surface area (Å²) in [6.07, 6.45) is 17.5. The van der Waals surface area contributed by atoms with Crippen LogP contribution < -0.4 is 19.1 Å². The number of allylic oxidation sites excluding steroid dienone is 1. The minimum Gasteiger partial charge on any atom is -0.489 e. The normalized spacial score (nSPS) is 19.2. The van der Waals surface area contributed by atoms with Gasteiger partial charge in [0, 0.05) is 83.7 Å². The Labute approximate surface area is 365 Å². The fourth-order valence-electron chi connectivity index (χ4n) is 8.04. The molecule has 2 aromatic heterocycles. The topological polar surface area (TPSA) is 95.2 Å². The third-order valence-electron chi connectivity index (χ3n) is 11.5. The van der Waals surface area contributed by atoms with E-state index in [1.165, 1.54) is 41.5 Å². The van der Waals surface area contributed by atoms with Crippen LogP contribution in [0, 0.1) is 5.41 Å². The van der Waals surface area contributed by atoms with Crippen LogP contribution in [0.4, 0.5) is 5.69 Å². The van der Waals surface area contributed by atoms with Crippen molar-refractivity contribution in [1.82, 2.24) is 24.5 Å². The van der Waals surface area contributed by atoms with Crippen LogP contribution in [0.5, 0.6) is 17.2 Å². The summed E-state index contributed by atoms with van der Waals surface area (Å²) in [4.78, 5) is 28.9. The Hall–Kier alpha value is -4.91. The molecule has 1 amide bonds. The third-order valence-corrected chi connectivity index (χ3v) is 12.8. The Morgan fingerprint density at radius 3 is 2.63 bits per heavy atom. The Bertz CT molecular complexity index is 2450. The van der Waals surface area contributed by atoms with E-state index in [1.54, 1.807) is 18.3 Å². The quantitative estimate of drug-likeness (QED) is 0.112. The summed E-state index contributed by atoms with van der Waals surface area (Å²) in [6.45, 7) is 8.50. The number of benzene rings is 3. The van der Waals surface area contributed by atoms with E-state index in [0.717, 1.165) is 72.1 Å². The van der Waals surface area contributed by atoms with Crippen LogP contribution in [0.15, 0.2) is 120 Å². The molecule has 310 valence electrons. The summed E-state index contributed by atoms with van der Waals surface area (Å²) >= 11 is 14.1. The number of aromatic nitrogens is 2. The molecule has 2 aliphatic heterocycles. The Morgan fingerprint density at radius 2 is 1.83 bits per heavy atom. The largest absolute Gasteiger partial charge is 0.489 e. The maximum absolute atomic E-state index is 13.8. The molecule has 0 bridgehead atoms. The molecule has 2 fully saturated rings. The number of nitrogens with one attached hydrogen (secondary N) is 2. The van der Waals surface area contributed by atoms with E-state index < -0.39 is 0 Å². The number of carbonyl (C=O) groups excluding carboxylic acids is 1. The molecule has 4 aliphatic rings. The van der Waals surface area contributed by atoms with Crippen LogP contribution in [-0.4, -0.2) is 70.7 Å². The summed E-state index contributed by atoms with van der Waals surface area (Å²) < 4.78 is 21.4. The molecule has 10 nitrogen and oxygen atoms in total. The Balaban J connectivity index is 0.884. The summed E-state index contributed by atoms with van der Waals surface area (Å²) in [6, 6.07) is 23.8. The zero-order valence-electron chi connectivity index (χ0n) is 33.7. The van der Waals surface area contributed by atoms with E-state index in [-0.39, 0.29) is 17.4 Å². The molecule has 1 saturated heterocycles. The molecule has 1 saturated carbocycles. The molecule has 3 aromatic carbocycles. The monoisotopic (exact) mass is 862 g/mol. The smallest absolute Gasteiger partial charge is 0.265 e. The standard InChI is InChI=1S/C47H48Cl2N6O4S/c1-47(2)15-13-33(41(26-47)31-3-5-34(48)6-4-31)28-53-17-19-54(20-18-53)36-9-11-40(44(24-36)59-37-23-32-14-16-50-45(32)51-27-37)46(56)52-60-39-10-12-43(42(49)25-39)58-30-38-29-55(21-22-57-38)35-7-8-35/h3-6,9-12,14,16-20,23-25,27,35,38H,7-8,13,15,21-22,26,28-30H2,1-2H3,(H,50,51)(H,52,56). The molecule has 5 aromatic rings. The van der Waals surface area contributed by atoms with Gasteiger partial charge in [-0.2, -0.15) is 0 Å². The van der Waals surface area contributed by atoms with Gasteiger partial charge in [0.1, 0.15) is 35.6 Å². The van der Waals surface area contributed by atoms with Gasteiger partial charge >= 0.3 is 0 Å². The molecule has 1 atom stereocenters. The number of amides is 1. The number of hydrogen-bond acceptors (Lipinski definition) is 9. The van der Waals surface area contributed by atoms with Crippen LogP contribution in [0.25, 0.3) is 16.6 Å². The van der Waals surface area contributed by atoms with Gasteiger partial charge in [0.25, 0.3) is 5.91 Å². The van der Waals surface area contributed by atoms with Gasteiger partial charge in [0.05, 0.1) is 23.4 Å². The maximum atomic E-state index is 13.8. The number of rotatable bonds is 13. The van der Waals surface area contributed by atoms with E-state index in [1.807, 2.05) is 72.0 Å². The molecule has 9 rings (SSSR count). The van der Waals surface area contributed by atoms with E-state index >= 15 is 0 Å². The zero-order valence-corrected chi connectivity index (χ0v) is 36.0. The number of morpholine rings is 1. The highest BCUT2D eigenvalue weighted by Gasteiger charge is 2.33. The van der Waals surface area contributed by atoms with Gasteiger partial charge in [0.2, 0.25) is 0 Å². The predicted octanol–water partition coefficient (Wildman–Crippen LogP) is 11.1. The minimum absolute atomic E-state index is 0.0101. The van der Waals surface area contributed by atoms with Crippen molar-refractivity contribution in [2.45, 2.75) is 63.0 Å². The lowest BCUT2D eigenvalue weighted by molar-refractivity contribution is -0.0504. The average Bonchev–Trinajstić information content (AvgIpc) is 4.01. The lowest BCUT2D eigenvalue weighted by Crippen LogP contribution is -2.45. The van der Waals surface area contributed by atoms with Crippen LogP contribution in [0.3, 0.4) is 0 Å². The summed E-state index contributed by atoms with van der Waals surface area (Å²) in [7, 11) is 0. The Morgan fingerprint density at radius 1 is 1.00 bits per heavy atom. The molecule has 2 aliphatic carbocycles. The van der Waals surface area contributed by atoms with E-state index in [2.05, 4.69) is 62.9 Å². The number of fused-ring (bicyclic) bond motifs is 1. The number of carbonyl (C=O) groups is 1. The zero-order chi connectivity index (χ0) is 41.2. The highest BCUT2D eigenvalue weighted by Crippen LogP contribution is 2.44. The fraction of sp³-hybridized carbons (Fsp3) is 0.319. The van der Waals surface area contributed by atoms with Crippen molar-refractivity contribution >= 4 is 63.4 Å². The number of ether oxygens (including phenoxy) is 3. The summed E-state index contributed by atoms with van der Waals surface area (Å²) in [5, 5.41) is 2.11. The summed E-state index contributed by atoms with van der Waals surface area (Å²) in [5.74, 6) is 1.17. The van der Waals surface area contributed by atoms with E-state index in [0.29, 0.717) is 40.5 Å². The molecule has 4 heterocycles. The number of halogens is 2. The van der Waals surface area contributed by atoms with Gasteiger partial charge in [-0.05, 0) is 121 Å². The third kappa shape index (κ3) is 9.66. The lowest BCUT2D eigenvalue weighted by atomic mass is 9.72. The highest BCUT2D eigenvalue weighted by atomic mass is 35.5. The maximum Gasteiger partial charge on any atom is 0.265 e. The van der Waals surface area contributed by atoms with Crippen molar-refractivity contribution in [3.63, 3.8) is 0 Å². The number of H-pyrrole nitrogens is 1. The first-order valence-electron chi connectivity index (χ1n) is 20.5. The highest BCUT2D eigenvalue weighted by molar-refractivity contribution is 7.98. The van der Waals surface area contributed by atoms with Gasteiger partial charge in [-0.15, -0.1) is 0 Å². The lowest BCUT2D eigenvalue weighted by Gasteiger charge is -2.35. The van der Waals surface area contributed by atoms with Crippen LogP contribution in [-0.2, 0) is 4.74 Å². The van der Waals surface area contributed by atoms with Gasteiger partial charge in [-0.25, -0.2) is 4.98 Å². The van der Waals surface area contributed by atoms with Crippen molar-refractivity contribution in [2.24, 2.45) is 5.41 Å². The molecule has 1 unspecified atom stereocenters. The Kier molecular flexibility index (Phi) is 11.9. The SMILES string of the molecule is CC1(C)CCC(CN2C=CN(c3ccc(C(=O)NSc4ccc(OCC5CN(C6CC6)CCO5)c(Cl)c4)c(Oc4cnc5[nH]ccc5c4)c3)C=C2)=C(c2ccc(Cl)cc2)C1. The number of aromatic amines is 1. The molecule has 0 radical (unpaired) electrons.